The Labute approximate surface area is 230 Å². The number of benzene rings is 1. The molecule has 2 aliphatic heterocycles. The number of carbonyl (C=O) groups excluding carboxylic acids is 3. The van der Waals surface area contributed by atoms with Gasteiger partial charge >= 0.3 is 6.18 Å². The van der Waals surface area contributed by atoms with Crippen molar-refractivity contribution in [1.29, 1.82) is 0 Å². The van der Waals surface area contributed by atoms with Gasteiger partial charge in [0.25, 0.3) is 5.91 Å². The molecule has 12 heteroatoms. The van der Waals surface area contributed by atoms with Crippen LogP contribution in [0.3, 0.4) is 0 Å². The number of nitrogens with zero attached hydrogens (tertiary/aromatic N) is 4. The number of hydrazone groups is 1. The lowest BCUT2D eigenvalue weighted by molar-refractivity contribution is -0.164. The van der Waals surface area contributed by atoms with Crippen LogP contribution in [0.15, 0.2) is 59.8 Å². The van der Waals surface area contributed by atoms with Gasteiger partial charge in [-0.2, -0.15) is 18.3 Å². The molecule has 0 bridgehead atoms. The zero-order valence-corrected chi connectivity index (χ0v) is 22.4. The number of nitrogens with two attached hydrogens (primary N) is 1. The Morgan fingerprint density at radius 1 is 1.12 bits per heavy atom. The van der Waals surface area contributed by atoms with Gasteiger partial charge in [0, 0.05) is 37.8 Å². The number of alkyl halides is 3. The van der Waals surface area contributed by atoms with Gasteiger partial charge in [-0.05, 0) is 44.4 Å². The van der Waals surface area contributed by atoms with Crippen LogP contribution in [0.2, 0.25) is 0 Å². The van der Waals surface area contributed by atoms with Crippen molar-refractivity contribution in [3.05, 3.63) is 66.0 Å². The number of carbonyl (C=O) groups is 3. The van der Waals surface area contributed by atoms with E-state index >= 15 is 0 Å². The van der Waals surface area contributed by atoms with E-state index in [0.29, 0.717) is 22.8 Å². The first kappa shape index (κ1) is 29.2. The van der Waals surface area contributed by atoms with E-state index < -0.39 is 47.4 Å². The van der Waals surface area contributed by atoms with Crippen molar-refractivity contribution in [3.8, 4) is 0 Å². The molecule has 2 atom stereocenters. The molecule has 0 spiro atoms. The highest BCUT2D eigenvalue weighted by Crippen LogP contribution is 2.39. The van der Waals surface area contributed by atoms with Crippen LogP contribution in [-0.4, -0.2) is 75.7 Å². The van der Waals surface area contributed by atoms with E-state index in [4.69, 9.17) is 5.73 Å². The van der Waals surface area contributed by atoms with E-state index in [-0.39, 0.29) is 32.4 Å². The average Bonchev–Trinajstić information content (AvgIpc) is 3.15. The molecule has 214 valence electrons. The van der Waals surface area contributed by atoms with E-state index in [2.05, 4.69) is 15.4 Å². The van der Waals surface area contributed by atoms with Crippen molar-refractivity contribution in [3.63, 3.8) is 0 Å². The van der Waals surface area contributed by atoms with Crippen molar-refractivity contribution >= 4 is 23.4 Å². The number of rotatable bonds is 9. The number of fused-ring (bicyclic) bond motifs is 1. The first-order valence-corrected chi connectivity index (χ1v) is 13.1. The molecule has 0 radical (unpaired) electrons. The summed E-state index contributed by atoms with van der Waals surface area (Å²) < 4.78 is 39.8. The summed E-state index contributed by atoms with van der Waals surface area (Å²) in [5.41, 5.74) is 4.99. The maximum atomic E-state index is 13.9. The van der Waals surface area contributed by atoms with Gasteiger partial charge in [-0.25, -0.2) is 5.01 Å². The molecule has 1 aromatic carbocycles. The van der Waals surface area contributed by atoms with E-state index in [0.717, 1.165) is 5.56 Å². The van der Waals surface area contributed by atoms with Crippen LogP contribution in [0, 0.1) is 5.41 Å². The van der Waals surface area contributed by atoms with Gasteiger partial charge in [0.15, 0.2) is 0 Å². The molecule has 3 heterocycles. The smallest absolute Gasteiger partial charge is 0.343 e. The lowest BCUT2D eigenvalue weighted by Crippen LogP contribution is -2.61. The number of nitrogens with one attached hydrogen (secondary N) is 1. The first-order valence-electron chi connectivity index (χ1n) is 13.1. The molecule has 0 aliphatic carbocycles. The SMILES string of the molecule is CC(C)(N)C(=O)N[C@H](CCc1ccccc1)C(=O)N1CCC2=NN(CC(F)(F)F)C(=O)[C@]2(Cc2ccccn2)C1. The molecule has 4 rings (SSSR count). The Bertz CT molecular complexity index is 1260. The van der Waals surface area contributed by atoms with Crippen molar-refractivity contribution in [1.82, 2.24) is 20.2 Å². The first-order chi connectivity index (χ1) is 18.8. The third-order valence-corrected chi connectivity index (χ3v) is 7.12. The Morgan fingerprint density at radius 2 is 1.82 bits per heavy atom. The maximum Gasteiger partial charge on any atom is 0.408 e. The molecule has 3 N–H and O–H groups in total. The fourth-order valence-corrected chi connectivity index (χ4v) is 5.04. The summed E-state index contributed by atoms with van der Waals surface area (Å²) in [6.45, 7) is 1.49. The predicted molar refractivity (Wildman–Crippen MR) is 142 cm³/mol. The predicted octanol–water partition coefficient (Wildman–Crippen LogP) is 2.46. The van der Waals surface area contributed by atoms with Crippen LogP contribution < -0.4 is 11.1 Å². The largest absolute Gasteiger partial charge is 0.408 e. The summed E-state index contributed by atoms with van der Waals surface area (Å²) in [5, 5.41) is 7.28. The molecular weight excluding hydrogens is 525 g/mol. The Hall–Kier alpha value is -3.80. The summed E-state index contributed by atoms with van der Waals surface area (Å²) in [6, 6.07) is 13.6. The van der Waals surface area contributed by atoms with Crippen LogP contribution in [0.4, 0.5) is 13.2 Å². The zero-order valence-electron chi connectivity index (χ0n) is 22.4. The molecule has 0 saturated carbocycles. The number of hydrogen-bond donors (Lipinski definition) is 2. The van der Waals surface area contributed by atoms with E-state index in [1.54, 1.807) is 18.2 Å². The second kappa shape index (κ2) is 11.4. The van der Waals surface area contributed by atoms with E-state index in [1.807, 2.05) is 30.3 Å². The molecule has 1 aromatic heterocycles. The van der Waals surface area contributed by atoms with E-state index in [9.17, 15) is 27.6 Å². The highest BCUT2D eigenvalue weighted by atomic mass is 19.4. The molecule has 1 saturated heterocycles. The summed E-state index contributed by atoms with van der Waals surface area (Å²) in [6.07, 6.45) is -2.26. The normalized spacial score (nSPS) is 20.1. The van der Waals surface area contributed by atoms with Crippen LogP contribution in [-0.2, 0) is 27.2 Å². The van der Waals surface area contributed by atoms with Crippen LogP contribution >= 0.6 is 0 Å². The number of likely N-dealkylation sites (tertiary alicyclic amines) is 1. The Morgan fingerprint density at radius 3 is 2.45 bits per heavy atom. The summed E-state index contributed by atoms with van der Waals surface area (Å²) >= 11 is 0. The summed E-state index contributed by atoms with van der Waals surface area (Å²) in [5.74, 6) is -1.78. The fourth-order valence-electron chi connectivity index (χ4n) is 5.04. The van der Waals surface area contributed by atoms with Crippen molar-refractivity contribution < 1.29 is 27.6 Å². The Kier molecular flexibility index (Phi) is 8.29. The van der Waals surface area contributed by atoms with Gasteiger partial charge in [-0.3, -0.25) is 19.4 Å². The number of hydrogen-bond acceptors (Lipinski definition) is 6. The number of piperidine rings is 1. The quantitative estimate of drug-likeness (QED) is 0.490. The van der Waals surface area contributed by atoms with Crippen molar-refractivity contribution in [2.45, 2.75) is 57.3 Å². The second-order valence-corrected chi connectivity index (χ2v) is 10.9. The minimum Gasteiger partial charge on any atom is -0.343 e. The molecule has 1 fully saturated rings. The lowest BCUT2D eigenvalue weighted by atomic mass is 9.74. The van der Waals surface area contributed by atoms with Crippen molar-refractivity contribution in [2.75, 3.05) is 19.6 Å². The molecule has 40 heavy (non-hydrogen) atoms. The number of pyridine rings is 1. The van der Waals surface area contributed by atoms with Gasteiger partial charge in [0.1, 0.15) is 18.0 Å². The topological polar surface area (TPSA) is 121 Å². The van der Waals surface area contributed by atoms with Crippen LogP contribution in [0.1, 0.15) is 37.9 Å². The maximum absolute atomic E-state index is 13.9. The second-order valence-electron chi connectivity index (χ2n) is 10.9. The summed E-state index contributed by atoms with van der Waals surface area (Å²) in [7, 11) is 0. The zero-order chi connectivity index (χ0) is 29.1. The summed E-state index contributed by atoms with van der Waals surface area (Å²) in [4.78, 5) is 46.0. The van der Waals surface area contributed by atoms with Gasteiger partial charge in [0.2, 0.25) is 11.8 Å². The molecule has 2 aromatic rings. The van der Waals surface area contributed by atoms with Gasteiger partial charge < -0.3 is 16.0 Å². The fraction of sp³-hybridized carbons (Fsp3) is 0.464. The molecule has 9 nitrogen and oxygen atoms in total. The third kappa shape index (κ3) is 6.67. The average molecular weight is 559 g/mol. The highest BCUT2D eigenvalue weighted by Gasteiger charge is 2.56. The van der Waals surface area contributed by atoms with Crippen LogP contribution in [0.5, 0.6) is 0 Å². The van der Waals surface area contributed by atoms with Gasteiger partial charge in [0.05, 0.1) is 11.3 Å². The third-order valence-electron chi connectivity index (χ3n) is 7.12. The number of aryl methyl sites for hydroxylation is 1. The molecule has 3 amide bonds. The minimum absolute atomic E-state index is 0.0134. The van der Waals surface area contributed by atoms with Gasteiger partial charge in [-0.15, -0.1) is 0 Å². The standard InChI is InChI=1S/C28H33F3N6O3/c1-26(2,32)24(39)34-21(12-11-19-8-4-3-5-9-19)23(38)36-15-13-22-27(17-36,16-20-10-6-7-14-33-20)25(40)37(35-22)18-28(29,30)31/h3-10,14,21H,11-13,15-18,32H2,1-2H3,(H,34,39)/t21-,27-/m1/s1. The van der Waals surface area contributed by atoms with E-state index in [1.165, 1.54) is 24.9 Å². The molecule has 0 unspecified atom stereocenters. The van der Waals surface area contributed by atoms with Crippen molar-refractivity contribution in [2.24, 2.45) is 16.3 Å². The van der Waals surface area contributed by atoms with Gasteiger partial charge in [-0.1, -0.05) is 36.4 Å². The highest BCUT2D eigenvalue weighted by molar-refractivity contribution is 6.13. The lowest BCUT2D eigenvalue weighted by Gasteiger charge is -2.40. The van der Waals surface area contributed by atoms with Crippen LogP contribution in [0.25, 0.3) is 0 Å². The Balaban J connectivity index is 1.62. The number of amides is 3. The number of aromatic nitrogens is 1. The monoisotopic (exact) mass is 558 g/mol. The molecular formula is C28H33F3N6O3. The number of halogens is 3. The minimum atomic E-state index is -4.64. The molecule has 2 aliphatic rings.